The summed E-state index contributed by atoms with van der Waals surface area (Å²) in [4.78, 5) is 37.9. The number of fused-ring (bicyclic) bond motifs is 1. The van der Waals surface area contributed by atoms with Gasteiger partial charge in [-0.25, -0.2) is 27.2 Å². The SMILES string of the molecule is CCOC(=O)C1(C(=O)OCC)Cc2c(F)c(F)c(F)c(F)c2CN1C(C)=O. The molecule has 0 atom stereocenters. The number of carbonyl (C=O) groups is 3. The first kappa shape index (κ1) is 20.7. The monoisotopic (exact) mass is 391 g/mol. The van der Waals surface area contributed by atoms with E-state index in [1.165, 1.54) is 13.8 Å². The van der Waals surface area contributed by atoms with Crippen LogP contribution in [0.15, 0.2) is 0 Å². The van der Waals surface area contributed by atoms with E-state index in [0.29, 0.717) is 4.90 Å². The number of esters is 2. The van der Waals surface area contributed by atoms with E-state index >= 15 is 0 Å². The summed E-state index contributed by atoms with van der Waals surface area (Å²) in [6.07, 6.45) is -0.959. The molecule has 0 unspecified atom stereocenters. The summed E-state index contributed by atoms with van der Waals surface area (Å²) in [5.41, 5.74) is -3.88. The van der Waals surface area contributed by atoms with Crippen LogP contribution in [0.4, 0.5) is 17.6 Å². The first-order chi connectivity index (χ1) is 12.6. The van der Waals surface area contributed by atoms with Crippen molar-refractivity contribution in [3.8, 4) is 0 Å². The van der Waals surface area contributed by atoms with Crippen molar-refractivity contribution >= 4 is 17.8 Å². The topological polar surface area (TPSA) is 72.9 Å². The largest absolute Gasteiger partial charge is 0.464 e. The number of nitrogens with zero attached hydrogens (tertiary/aromatic N) is 1. The number of hydrogen-bond acceptors (Lipinski definition) is 5. The van der Waals surface area contributed by atoms with Crippen molar-refractivity contribution in [2.75, 3.05) is 13.2 Å². The van der Waals surface area contributed by atoms with E-state index in [1.807, 2.05) is 0 Å². The Morgan fingerprint density at radius 3 is 1.74 bits per heavy atom. The highest BCUT2D eigenvalue weighted by atomic mass is 19.2. The second-order valence-electron chi connectivity index (χ2n) is 5.80. The normalized spacial score (nSPS) is 15.1. The van der Waals surface area contributed by atoms with Crippen molar-refractivity contribution in [3.63, 3.8) is 0 Å². The summed E-state index contributed by atoms with van der Waals surface area (Å²) in [5, 5.41) is 0. The molecule has 2 rings (SSSR count). The molecule has 0 saturated carbocycles. The number of ether oxygens (including phenoxy) is 2. The van der Waals surface area contributed by atoms with Gasteiger partial charge in [0, 0.05) is 24.5 Å². The van der Waals surface area contributed by atoms with E-state index in [0.717, 1.165) is 6.92 Å². The third-order valence-corrected chi connectivity index (χ3v) is 4.29. The minimum Gasteiger partial charge on any atom is -0.464 e. The molecule has 10 heteroatoms. The van der Waals surface area contributed by atoms with Gasteiger partial charge in [-0.15, -0.1) is 0 Å². The summed E-state index contributed by atoms with van der Waals surface area (Å²) in [5.74, 6) is -10.9. The zero-order valence-electron chi connectivity index (χ0n) is 14.8. The Kier molecular flexibility index (Phi) is 5.76. The zero-order valence-corrected chi connectivity index (χ0v) is 14.8. The predicted molar refractivity (Wildman–Crippen MR) is 82.2 cm³/mol. The average molecular weight is 391 g/mol. The van der Waals surface area contributed by atoms with Crippen molar-refractivity contribution in [1.29, 1.82) is 0 Å². The number of rotatable bonds is 4. The van der Waals surface area contributed by atoms with Gasteiger partial charge >= 0.3 is 11.9 Å². The van der Waals surface area contributed by atoms with Gasteiger partial charge in [-0.3, -0.25) is 4.79 Å². The lowest BCUT2D eigenvalue weighted by atomic mass is 9.81. The lowest BCUT2D eigenvalue weighted by molar-refractivity contribution is -0.180. The quantitative estimate of drug-likeness (QED) is 0.258. The fourth-order valence-corrected chi connectivity index (χ4v) is 3.05. The molecular weight excluding hydrogens is 374 g/mol. The molecule has 0 aromatic heterocycles. The summed E-state index contributed by atoms with van der Waals surface area (Å²) in [6.45, 7) is 2.62. The van der Waals surface area contributed by atoms with Gasteiger partial charge in [0.05, 0.1) is 19.8 Å². The molecule has 1 aromatic rings. The Balaban J connectivity index is 2.79. The van der Waals surface area contributed by atoms with Gasteiger partial charge in [0.2, 0.25) is 11.4 Å². The smallest absolute Gasteiger partial charge is 0.344 e. The molecule has 148 valence electrons. The third-order valence-electron chi connectivity index (χ3n) is 4.29. The van der Waals surface area contributed by atoms with Gasteiger partial charge in [0.15, 0.2) is 23.3 Å². The summed E-state index contributed by atoms with van der Waals surface area (Å²) < 4.78 is 65.4. The third kappa shape index (κ3) is 3.13. The van der Waals surface area contributed by atoms with Crippen molar-refractivity contribution in [2.45, 2.75) is 39.3 Å². The van der Waals surface area contributed by atoms with Crippen molar-refractivity contribution < 1.29 is 41.4 Å². The minimum atomic E-state index is -2.48. The number of hydrogen-bond donors (Lipinski definition) is 0. The van der Waals surface area contributed by atoms with E-state index in [2.05, 4.69) is 0 Å². The molecule has 0 spiro atoms. The van der Waals surface area contributed by atoms with Crippen molar-refractivity contribution in [1.82, 2.24) is 4.90 Å². The molecule has 1 aromatic carbocycles. The van der Waals surface area contributed by atoms with Crippen LogP contribution in [0.2, 0.25) is 0 Å². The second-order valence-corrected chi connectivity index (χ2v) is 5.80. The highest BCUT2D eigenvalue weighted by Crippen LogP contribution is 2.38. The Morgan fingerprint density at radius 1 is 0.889 bits per heavy atom. The van der Waals surface area contributed by atoms with Crippen molar-refractivity contribution in [3.05, 3.63) is 34.4 Å². The maximum Gasteiger partial charge on any atom is 0.344 e. The Bertz CT molecular complexity index is 793. The number of benzene rings is 1. The van der Waals surface area contributed by atoms with Crippen LogP contribution < -0.4 is 0 Å². The summed E-state index contributed by atoms with van der Waals surface area (Å²) in [6, 6.07) is 0. The Hall–Kier alpha value is -2.65. The fraction of sp³-hybridized carbons (Fsp3) is 0.471. The van der Waals surface area contributed by atoms with Crippen LogP contribution in [-0.4, -0.2) is 41.5 Å². The van der Waals surface area contributed by atoms with Gasteiger partial charge in [-0.05, 0) is 13.8 Å². The maximum atomic E-state index is 14.3. The molecule has 0 bridgehead atoms. The molecule has 0 fully saturated rings. The number of carbonyl (C=O) groups excluding carboxylic acids is 3. The maximum absolute atomic E-state index is 14.3. The molecule has 1 amide bonds. The number of amides is 1. The molecule has 0 aliphatic carbocycles. The average Bonchev–Trinajstić information content (AvgIpc) is 2.63. The molecule has 0 saturated heterocycles. The van der Waals surface area contributed by atoms with E-state index < -0.39 is 70.7 Å². The van der Waals surface area contributed by atoms with Crippen LogP contribution in [0.25, 0.3) is 0 Å². The lowest BCUT2D eigenvalue weighted by Gasteiger charge is -2.43. The minimum absolute atomic E-state index is 0.187. The molecular formula is C17H17F4NO5. The molecule has 1 aliphatic heterocycles. The first-order valence-corrected chi connectivity index (χ1v) is 8.09. The second kappa shape index (κ2) is 7.53. The fourth-order valence-electron chi connectivity index (χ4n) is 3.05. The lowest BCUT2D eigenvalue weighted by Crippen LogP contribution is -2.66. The summed E-state index contributed by atoms with van der Waals surface area (Å²) >= 11 is 0. The highest BCUT2D eigenvalue weighted by Gasteiger charge is 2.58. The van der Waals surface area contributed by atoms with Gasteiger partial charge < -0.3 is 14.4 Å². The molecule has 27 heavy (non-hydrogen) atoms. The summed E-state index contributed by atoms with van der Waals surface area (Å²) in [7, 11) is 0. The Morgan fingerprint density at radius 2 is 1.33 bits per heavy atom. The molecule has 6 nitrogen and oxygen atoms in total. The van der Waals surface area contributed by atoms with Gasteiger partial charge in [0.25, 0.3) is 0 Å². The standard InChI is InChI=1S/C17H17F4NO5/c1-4-26-15(24)17(16(25)27-5-2)6-9-10(7-22(17)8(3)23)12(19)14(21)13(20)11(9)18/h4-7H2,1-3H3. The van der Waals surface area contributed by atoms with E-state index in [9.17, 15) is 31.9 Å². The predicted octanol–water partition coefficient (Wildman–Crippen LogP) is 2.01. The van der Waals surface area contributed by atoms with Crippen LogP contribution in [0.1, 0.15) is 31.9 Å². The molecule has 0 radical (unpaired) electrons. The molecule has 1 heterocycles. The van der Waals surface area contributed by atoms with E-state index in [4.69, 9.17) is 9.47 Å². The van der Waals surface area contributed by atoms with E-state index in [-0.39, 0.29) is 13.2 Å². The van der Waals surface area contributed by atoms with Gasteiger partial charge in [0.1, 0.15) is 0 Å². The van der Waals surface area contributed by atoms with Crippen LogP contribution in [0, 0.1) is 23.3 Å². The van der Waals surface area contributed by atoms with Crippen LogP contribution in [0.3, 0.4) is 0 Å². The van der Waals surface area contributed by atoms with Crippen molar-refractivity contribution in [2.24, 2.45) is 0 Å². The van der Waals surface area contributed by atoms with Crippen LogP contribution >= 0.6 is 0 Å². The zero-order chi connectivity index (χ0) is 20.5. The molecule has 1 aliphatic rings. The highest BCUT2D eigenvalue weighted by molar-refractivity contribution is 6.08. The Labute approximate surface area is 152 Å². The van der Waals surface area contributed by atoms with Crippen LogP contribution in [0.5, 0.6) is 0 Å². The molecule has 0 N–H and O–H groups in total. The van der Waals surface area contributed by atoms with Gasteiger partial charge in [-0.2, -0.15) is 0 Å². The number of halogens is 4. The van der Waals surface area contributed by atoms with Crippen LogP contribution in [-0.2, 0) is 36.8 Å². The van der Waals surface area contributed by atoms with Gasteiger partial charge in [-0.1, -0.05) is 0 Å². The van der Waals surface area contributed by atoms with E-state index in [1.54, 1.807) is 0 Å². The first-order valence-electron chi connectivity index (χ1n) is 8.09.